The Hall–Kier alpha value is -0.560. The van der Waals surface area contributed by atoms with Crippen molar-refractivity contribution in [2.24, 2.45) is 11.7 Å². The predicted molar refractivity (Wildman–Crippen MR) is 123 cm³/mol. The highest BCUT2D eigenvalue weighted by Crippen LogP contribution is 2.22. The molecule has 29 heavy (non-hydrogen) atoms. The molecule has 0 spiro atoms. The number of ether oxygens (including phenoxy) is 1. The van der Waals surface area contributed by atoms with Crippen molar-refractivity contribution in [3.8, 4) is 0 Å². The Bertz CT molecular complexity index is 597. The number of hydrogen-bond donors (Lipinski definition) is 2. The van der Waals surface area contributed by atoms with Crippen molar-refractivity contribution >= 4 is 42.3 Å². The second-order valence-corrected chi connectivity index (χ2v) is 8.29. The number of benzene rings is 1. The summed E-state index contributed by atoms with van der Waals surface area (Å²) in [4.78, 5) is 15.2. The van der Waals surface area contributed by atoms with Crippen LogP contribution in [0.3, 0.4) is 0 Å². The number of halogens is 3. The Morgan fingerprint density at radius 3 is 2.48 bits per heavy atom. The number of carbonyl (C=O) groups is 1. The third kappa shape index (κ3) is 8.60. The van der Waals surface area contributed by atoms with E-state index < -0.39 is 0 Å². The molecule has 2 aliphatic rings. The number of nitrogens with zero attached hydrogens (tertiary/aromatic N) is 1. The largest absolute Gasteiger partial charge is 0.381 e. The molecule has 0 aliphatic carbocycles. The van der Waals surface area contributed by atoms with Crippen molar-refractivity contribution in [2.75, 3.05) is 32.8 Å². The van der Waals surface area contributed by atoms with Crippen LogP contribution in [-0.4, -0.2) is 55.7 Å². The van der Waals surface area contributed by atoms with Crippen molar-refractivity contribution in [3.63, 3.8) is 0 Å². The molecule has 3 rings (SSSR count). The first-order chi connectivity index (χ1) is 13.1. The lowest BCUT2D eigenvalue weighted by Gasteiger charge is -2.35. The minimum Gasteiger partial charge on any atom is -0.381 e. The molecule has 8 heteroatoms. The van der Waals surface area contributed by atoms with E-state index in [1.54, 1.807) is 0 Å². The van der Waals surface area contributed by atoms with Crippen LogP contribution in [-0.2, 0) is 16.0 Å². The molecule has 2 heterocycles. The van der Waals surface area contributed by atoms with Crippen LogP contribution in [0.25, 0.3) is 0 Å². The van der Waals surface area contributed by atoms with Crippen molar-refractivity contribution in [2.45, 2.75) is 50.6 Å². The first kappa shape index (κ1) is 26.5. The van der Waals surface area contributed by atoms with E-state index in [2.05, 4.69) is 10.2 Å². The zero-order chi connectivity index (χ0) is 19.1. The molecule has 2 atom stereocenters. The lowest BCUT2D eigenvalue weighted by atomic mass is 10.0. The first-order valence-corrected chi connectivity index (χ1v) is 10.6. The van der Waals surface area contributed by atoms with Gasteiger partial charge < -0.3 is 15.8 Å². The zero-order valence-corrected chi connectivity index (χ0v) is 19.2. The van der Waals surface area contributed by atoms with Gasteiger partial charge in [0.15, 0.2) is 0 Å². The van der Waals surface area contributed by atoms with Crippen LogP contribution in [0.1, 0.15) is 37.7 Å². The van der Waals surface area contributed by atoms with Crippen molar-refractivity contribution < 1.29 is 9.53 Å². The third-order valence-electron chi connectivity index (χ3n) is 5.74. The lowest BCUT2D eigenvalue weighted by molar-refractivity contribution is -0.125. The Morgan fingerprint density at radius 1 is 1.10 bits per heavy atom. The highest BCUT2D eigenvalue weighted by atomic mass is 35.5. The summed E-state index contributed by atoms with van der Waals surface area (Å²) in [7, 11) is 0. The Morgan fingerprint density at radius 2 is 1.79 bits per heavy atom. The molecule has 5 nitrogen and oxygen atoms in total. The first-order valence-electron chi connectivity index (χ1n) is 10.2. The fraction of sp³-hybridized carbons (Fsp3) is 0.667. The second-order valence-electron chi connectivity index (χ2n) is 7.85. The summed E-state index contributed by atoms with van der Waals surface area (Å²) in [6.45, 7) is 4.06. The van der Waals surface area contributed by atoms with Crippen LogP contribution in [0.4, 0.5) is 0 Å². The zero-order valence-electron chi connectivity index (χ0n) is 16.9. The molecule has 0 radical (unpaired) electrons. The van der Waals surface area contributed by atoms with E-state index in [0.29, 0.717) is 12.6 Å². The van der Waals surface area contributed by atoms with E-state index in [1.165, 1.54) is 5.56 Å². The smallest absolute Gasteiger partial charge is 0.224 e. The fourth-order valence-electron chi connectivity index (χ4n) is 4.12. The summed E-state index contributed by atoms with van der Waals surface area (Å²) in [5, 5.41) is 3.90. The number of aryl methyl sites for hydroxylation is 1. The summed E-state index contributed by atoms with van der Waals surface area (Å²) in [6, 6.07) is 8.58. The van der Waals surface area contributed by atoms with E-state index in [-0.39, 0.29) is 42.7 Å². The van der Waals surface area contributed by atoms with Gasteiger partial charge in [-0.2, -0.15) is 0 Å². The molecular formula is C21H34Cl3N3O2. The molecule has 1 amide bonds. The molecule has 3 N–H and O–H groups in total. The summed E-state index contributed by atoms with van der Waals surface area (Å²) >= 11 is 5.92. The minimum atomic E-state index is 0. The maximum atomic E-state index is 12.7. The maximum Gasteiger partial charge on any atom is 0.224 e. The van der Waals surface area contributed by atoms with Gasteiger partial charge in [-0.05, 0) is 56.2 Å². The van der Waals surface area contributed by atoms with Gasteiger partial charge in [0.25, 0.3) is 0 Å². The quantitative estimate of drug-likeness (QED) is 0.630. The molecule has 0 saturated carbocycles. The number of hydrogen-bond acceptors (Lipinski definition) is 4. The molecule has 1 aromatic carbocycles. The Kier molecular flexibility index (Phi) is 12.5. The van der Waals surface area contributed by atoms with Gasteiger partial charge in [-0.3, -0.25) is 9.69 Å². The van der Waals surface area contributed by atoms with Crippen LogP contribution >= 0.6 is 36.4 Å². The molecule has 2 aliphatic heterocycles. The SMILES string of the molecule is Cl.Cl.N[C@H]1CC[C@@H](C(=O)NCCCc2ccc(Cl)cc2)CN(C2CCOCC2)C1. The molecule has 0 unspecified atom stereocenters. The number of nitrogens with one attached hydrogen (secondary N) is 1. The van der Waals surface area contributed by atoms with Crippen LogP contribution in [0, 0.1) is 5.92 Å². The van der Waals surface area contributed by atoms with Crippen molar-refractivity contribution in [3.05, 3.63) is 34.9 Å². The summed E-state index contributed by atoms with van der Waals surface area (Å²) in [5.74, 6) is 0.217. The monoisotopic (exact) mass is 465 g/mol. The van der Waals surface area contributed by atoms with Crippen LogP contribution < -0.4 is 11.1 Å². The summed E-state index contributed by atoms with van der Waals surface area (Å²) in [5.41, 5.74) is 7.53. The molecule has 0 bridgehead atoms. The third-order valence-corrected chi connectivity index (χ3v) is 5.99. The number of likely N-dealkylation sites (tertiary alicyclic amines) is 1. The molecular weight excluding hydrogens is 433 g/mol. The van der Waals surface area contributed by atoms with Gasteiger partial charge in [0, 0.05) is 50.0 Å². The number of carbonyl (C=O) groups excluding carboxylic acids is 1. The van der Waals surface area contributed by atoms with E-state index in [4.69, 9.17) is 22.1 Å². The predicted octanol–water partition coefficient (Wildman–Crippen LogP) is 3.45. The highest BCUT2D eigenvalue weighted by Gasteiger charge is 2.31. The average molecular weight is 467 g/mol. The minimum absolute atomic E-state index is 0. The maximum absolute atomic E-state index is 12.7. The van der Waals surface area contributed by atoms with Gasteiger partial charge in [0.1, 0.15) is 0 Å². The normalized spacial score (nSPS) is 23.4. The molecule has 0 aromatic heterocycles. The number of nitrogens with two attached hydrogens (primary N) is 1. The second kappa shape index (κ2) is 13.7. The van der Waals surface area contributed by atoms with Gasteiger partial charge in [-0.25, -0.2) is 0 Å². The summed E-state index contributed by atoms with van der Waals surface area (Å²) < 4.78 is 5.49. The standard InChI is InChI=1S/C21H32ClN3O2.2ClH/c22-18-6-3-16(4-7-18)2-1-11-24-21(26)17-5-8-19(23)15-25(14-17)20-9-12-27-13-10-20;;/h3-4,6-7,17,19-20H,1-2,5,8-15,23H2,(H,24,26);2*1H/t17-,19+;;/m1../s1. The van der Waals surface area contributed by atoms with Crippen molar-refractivity contribution in [1.29, 1.82) is 0 Å². The van der Waals surface area contributed by atoms with Gasteiger partial charge in [-0.15, -0.1) is 24.8 Å². The van der Waals surface area contributed by atoms with Gasteiger partial charge >= 0.3 is 0 Å². The molecule has 2 saturated heterocycles. The average Bonchev–Trinajstić information content (AvgIpc) is 2.89. The fourth-order valence-corrected chi connectivity index (χ4v) is 4.24. The van der Waals surface area contributed by atoms with Gasteiger partial charge in [-0.1, -0.05) is 23.7 Å². The number of amides is 1. The van der Waals surface area contributed by atoms with Gasteiger partial charge in [0.05, 0.1) is 5.92 Å². The van der Waals surface area contributed by atoms with Gasteiger partial charge in [0.2, 0.25) is 5.91 Å². The van der Waals surface area contributed by atoms with Crippen LogP contribution in [0.15, 0.2) is 24.3 Å². The van der Waals surface area contributed by atoms with E-state index in [9.17, 15) is 4.79 Å². The van der Waals surface area contributed by atoms with E-state index in [0.717, 1.165) is 69.9 Å². The van der Waals surface area contributed by atoms with Crippen LogP contribution in [0.2, 0.25) is 5.02 Å². The number of rotatable bonds is 6. The van der Waals surface area contributed by atoms with E-state index in [1.807, 2.05) is 24.3 Å². The van der Waals surface area contributed by atoms with Crippen LogP contribution in [0.5, 0.6) is 0 Å². The van der Waals surface area contributed by atoms with E-state index >= 15 is 0 Å². The van der Waals surface area contributed by atoms with Crippen molar-refractivity contribution in [1.82, 2.24) is 10.2 Å². The highest BCUT2D eigenvalue weighted by molar-refractivity contribution is 6.30. The molecule has 2 fully saturated rings. The molecule has 166 valence electrons. The Balaban J connectivity index is 0.00000210. The Labute approximate surface area is 191 Å². The molecule has 1 aromatic rings. The lowest BCUT2D eigenvalue weighted by Crippen LogP contribution is -2.47. The summed E-state index contributed by atoms with van der Waals surface area (Å²) in [6.07, 6.45) is 5.77. The topological polar surface area (TPSA) is 67.6 Å².